The molecule has 1 aliphatic heterocycles. The zero-order chi connectivity index (χ0) is 13.2. The number of fused-ring (bicyclic) bond motifs is 1. The second kappa shape index (κ2) is 5.82. The van der Waals surface area contributed by atoms with Gasteiger partial charge in [-0.1, -0.05) is 25.7 Å². The van der Waals surface area contributed by atoms with E-state index in [0.717, 1.165) is 37.8 Å². The Balaban J connectivity index is 1.57. The Kier molecular flexibility index (Phi) is 4.11. The molecule has 3 heteroatoms. The molecular weight excluding hydrogens is 236 g/mol. The minimum Gasteiger partial charge on any atom is -0.341 e. The van der Waals surface area contributed by atoms with E-state index in [4.69, 9.17) is 0 Å². The zero-order valence-electron chi connectivity index (χ0n) is 12.2. The van der Waals surface area contributed by atoms with Crippen LogP contribution in [0.25, 0.3) is 0 Å². The summed E-state index contributed by atoms with van der Waals surface area (Å²) in [6, 6.07) is 0.441. The van der Waals surface area contributed by atoms with Crippen LogP contribution in [0, 0.1) is 17.8 Å². The SMILES string of the molecule is CN(C(=O)C1CCC2CCCCC2C1)C1CCNC1. The molecule has 2 aliphatic carbocycles. The van der Waals surface area contributed by atoms with Crippen LogP contribution in [0.3, 0.4) is 0 Å². The van der Waals surface area contributed by atoms with Gasteiger partial charge in [0.05, 0.1) is 0 Å². The lowest BCUT2D eigenvalue weighted by atomic mass is 9.67. The van der Waals surface area contributed by atoms with Crippen LogP contribution in [0.15, 0.2) is 0 Å². The number of hydrogen-bond donors (Lipinski definition) is 1. The number of likely N-dealkylation sites (N-methyl/N-ethyl adjacent to an activating group) is 1. The molecule has 1 amide bonds. The van der Waals surface area contributed by atoms with Crippen LogP contribution < -0.4 is 5.32 Å². The van der Waals surface area contributed by atoms with Gasteiger partial charge < -0.3 is 10.2 Å². The maximum Gasteiger partial charge on any atom is 0.225 e. The molecule has 0 bridgehead atoms. The van der Waals surface area contributed by atoms with Crippen molar-refractivity contribution in [1.29, 1.82) is 0 Å². The molecule has 1 saturated heterocycles. The van der Waals surface area contributed by atoms with E-state index in [9.17, 15) is 4.79 Å². The van der Waals surface area contributed by atoms with Crippen LogP contribution in [-0.4, -0.2) is 37.0 Å². The number of nitrogens with one attached hydrogen (secondary N) is 1. The van der Waals surface area contributed by atoms with Crippen molar-refractivity contribution in [2.75, 3.05) is 20.1 Å². The summed E-state index contributed by atoms with van der Waals surface area (Å²) in [6.45, 7) is 2.05. The monoisotopic (exact) mass is 264 g/mol. The van der Waals surface area contributed by atoms with Gasteiger partial charge in [-0.3, -0.25) is 4.79 Å². The lowest BCUT2D eigenvalue weighted by Gasteiger charge is -2.40. The molecule has 108 valence electrons. The van der Waals surface area contributed by atoms with Crippen LogP contribution in [0.1, 0.15) is 51.4 Å². The quantitative estimate of drug-likeness (QED) is 0.830. The van der Waals surface area contributed by atoms with E-state index < -0.39 is 0 Å². The predicted molar refractivity (Wildman–Crippen MR) is 76.8 cm³/mol. The van der Waals surface area contributed by atoms with Crippen molar-refractivity contribution in [3.8, 4) is 0 Å². The minimum absolute atomic E-state index is 0.324. The third-order valence-electron chi connectivity index (χ3n) is 5.82. The number of hydrogen-bond acceptors (Lipinski definition) is 2. The second-order valence-corrected chi connectivity index (χ2v) is 6.91. The Hall–Kier alpha value is -0.570. The summed E-state index contributed by atoms with van der Waals surface area (Å²) < 4.78 is 0. The molecule has 2 saturated carbocycles. The maximum absolute atomic E-state index is 12.7. The van der Waals surface area contributed by atoms with Crippen molar-refractivity contribution in [3.05, 3.63) is 0 Å². The first-order valence-corrected chi connectivity index (χ1v) is 8.23. The van der Waals surface area contributed by atoms with Gasteiger partial charge in [-0.2, -0.15) is 0 Å². The normalized spacial score (nSPS) is 38.8. The van der Waals surface area contributed by atoms with Gasteiger partial charge in [0.15, 0.2) is 0 Å². The Morgan fingerprint density at radius 3 is 2.58 bits per heavy atom. The molecule has 1 N–H and O–H groups in total. The second-order valence-electron chi connectivity index (χ2n) is 6.91. The summed E-state index contributed by atoms with van der Waals surface area (Å²) in [6.07, 6.45) is 10.4. The van der Waals surface area contributed by atoms with Crippen molar-refractivity contribution in [2.24, 2.45) is 17.8 Å². The van der Waals surface area contributed by atoms with Crippen molar-refractivity contribution in [3.63, 3.8) is 0 Å². The Labute approximate surface area is 117 Å². The van der Waals surface area contributed by atoms with E-state index in [0.29, 0.717) is 17.9 Å². The fraction of sp³-hybridized carbons (Fsp3) is 0.938. The fourth-order valence-electron chi connectivity index (χ4n) is 4.54. The summed E-state index contributed by atoms with van der Waals surface area (Å²) in [5, 5.41) is 3.36. The Bertz CT molecular complexity index is 325. The van der Waals surface area contributed by atoms with Gasteiger partial charge in [0.1, 0.15) is 0 Å². The highest BCUT2D eigenvalue weighted by atomic mass is 16.2. The van der Waals surface area contributed by atoms with E-state index in [-0.39, 0.29) is 0 Å². The summed E-state index contributed by atoms with van der Waals surface area (Å²) in [4.78, 5) is 14.7. The lowest BCUT2D eigenvalue weighted by Crippen LogP contribution is -2.44. The fourth-order valence-corrected chi connectivity index (χ4v) is 4.54. The molecule has 3 nitrogen and oxygen atoms in total. The summed E-state index contributed by atoms with van der Waals surface area (Å²) in [5.74, 6) is 2.55. The topological polar surface area (TPSA) is 32.3 Å². The summed E-state index contributed by atoms with van der Waals surface area (Å²) >= 11 is 0. The van der Waals surface area contributed by atoms with Gasteiger partial charge >= 0.3 is 0 Å². The molecule has 0 aromatic carbocycles. The molecule has 0 radical (unpaired) electrons. The van der Waals surface area contributed by atoms with Gasteiger partial charge in [-0.05, 0) is 44.1 Å². The molecule has 0 spiro atoms. The molecule has 4 unspecified atom stereocenters. The lowest BCUT2D eigenvalue weighted by molar-refractivity contribution is -0.138. The first-order valence-electron chi connectivity index (χ1n) is 8.23. The van der Waals surface area contributed by atoms with Crippen molar-refractivity contribution < 1.29 is 4.79 Å². The van der Waals surface area contributed by atoms with Gasteiger partial charge in [-0.15, -0.1) is 0 Å². The standard InChI is InChI=1S/C16H28N2O/c1-18(15-8-9-17-11-15)16(19)14-7-6-12-4-2-3-5-13(12)10-14/h12-15,17H,2-11H2,1H3. The van der Waals surface area contributed by atoms with E-state index in [2.05, 4.69) is 5.32 Å². The Morgan fingerprint density at radius 2 is 1.84 bits per heavy atom. The number of nitrogens with zero attached hydrogens (tertiary/aromatic N) is 1. The average Bonchev–Trinajstić information content (AvgIpc) is 2.99. The minimum atomic E-state index is 0.324. The molecule has 3 rings (SSSR count). The number of carbonyl (C=O) groups is 1. The van der Waals surface area contributed by atoms with Crippen LogP contribution in [0.4, 0.5) is 0 Å². The Morgan fingerprint density at radius 1 is 1.05 bits per heavy atom. The van der Waals surface area contributed by atoms with Gasteiger partial charge in [0.25, 0.3) is 0 Å². The van der Waals surface area contributed by atoms with Crippen LogP contribution in [-0.2, 0) is 4.79 Å². The first kappa shape index (κ1) is 13.4. The average molecular weight is 264 g/mol. The van der Waals surface area contributed by atoms with E-state index in [1.54, 1.807) is 0 Å². The van der Waals surface area contributed by atoms with Gasteiger partial charge in [-0.25, -0.2) is 0 Å². The third-order valence-corrected chi connectivity index (χ3v) is 5.82. The van der Waals surface area contributed by atoms with Gasteiger partial charge in [0, 0.05) is 25.6 Å². The highest BCUT2D eigenvalue weighted by Crippen LogP contribution is 2.43. The third kappa shape index (κ3) is 2.81. The highest BCUT2D eigenvalue weighted by Gasteiger charge is 2.37. The van der Waals surface area contributed by atoms with Gasteiger partial charge in [0.2, 0.25) is 5.91 Å². The molecule has 0 aromatic rings. The predicted octanol–water partition coefficient (Wildman–Crippen LogP) is 2.41. The first-order chi connectivity index (χ1) is 9.25. The summed E-state index contributed by atoms with van der Waals surface area (Å²) in [7, 11) is 2.02. The number of amides is 1. The molecule has 0 aromatic heterocycles. The summed E-state index contributed by atoms with van der Waals surface area (Å²) in [5.41, 5.74) is 0. The smallest absolute Gasteiger partial charge is 0.225 e. The van der Waals surface area contributed by atoms with Crippen LogP contribution in [0.5, 0.6) is 0 Å². The van der Waals surface area contributed by atoms with E-state index in [1.165, 1.54) is 38.5 Å². The van der Waals surface area contributed by atoms with E-state index >= 15 is 0 Å². The van der Waals surface area contributed by atoms with Crippen molar-refractivity contribution in [1.82, 2.24) is 10.2 Å². The molecular formula is C16H28N2O. The maximum atomic E-state index is 12.7. The molecule has 3 fully saturated rings. The molecule has 19 heavy (non-hydrogen) atoms. The number of carbonyl (C=O) groups excluding carboxylic acids is 1. The van der Waals surface area contributed by atoms with E-state index in [1.807, 2.05) is 11.9 Å². The van der Waals surface area contributed by atoms with Crippen LogP contribution >= 0.6 is 0 Å². The zero-order valence-corrected chi connectivity index (χ0v) is 12.2. The molecule has 4 atom stereocenters. The highest BCUT2D eigenvalue weighted by molar-refractivity contribution is 5.79. The molecule has 1 heterocycles. The molecule has 3 aliphatic rings. The van der Waals surface area contributed by atoms with Crippen molar-refractivity contribution >= 4 is 5.91 Å². The largest absolute Gasteiger partial charge is 0.341 e. The van der Waals surface area contributed by atoms with Crippen LogP contribution in [0.2, 0.25) is 0 Å². The number of rotatable bonds is 2. The van der Waals surface area contributed by atoms with Crippen molar-refractivity contribution in [2.45, 2.75) is 57.4 Å².